The summed E-state index contributed by atoms with van der Waals surface area (Å²) in [5.74, 6) is 0. The molecule has 1 saturated heterocycles. The zero-order valence-electron chi connectivity index (χ0n) is 11.3. The van der Waals surface area contributed by atoms with E-state index in [-0.39, 0.29) is 12.4 Å². The maximum atomic E-state index is 5.56. The molecule has 2 aliphatic rings. The molecule has 0 unspecified atom stereocenters. The maximum absolute atomic E-state index is 5.56. The molecule has 0 aromatic heterocycles. The predicted molar refractivity (Wildman–Crippen MR) is 83.5 cm³/mol. The minimum absolute atomic E-state index is 0. The quantitative estimate of drug-likeness (QED) is 0.741. The van der Waals surface area contributed by atoms with Gasteiger partial charge in [-0.15, -0.1) is 12.4 Å². The van der Waals surface area contributed by atoms with Gasteiger partial charge in [-0.1, -0.05) is 42.5 Å². The first-order chi connectivity index (χ1) is 9.42. The zero-order valence-corrected chi connectivity index (χ0v) is 12.1. The van der Waals surface area contributed by atoms with Gasteiger partial charge in [0, 0.05) is 6.54 Å². The van der Waals surface area contributed by atoms with Gasteiger partial charge in [-0.2, -0.15) is 0 Å². The Morgan fingerprint density at radius 1 is 1.00 bits per heavy atom. The van der Waals surface area contributed by atoms with Crippen molar-refractivity contribution in [1.82, 2.24) is 5.32 Å². The Morgan fingerprint density at radius 2 is 1.85 bits per heavy atom. The van der Waals surface area contributed by atoms with Crippen LogP contribution in [0.3, 0.4) is 0 Å². The second-order valence-corrected chi connectivity index (χ2v) is 5.33. The summed E-state index contributed by atoms with van der Waals surface area (Å²) in [6.45, 7) is 2.56. The fraction of sp³-hybridized carbons (Fsp3) is 0.294. The Labute approximate surface area is 125 Å². The van der Waals surface area contributed by atoms with Crippen molar-refractivity contribution in [2.45, 2.75) is 12.5 Å². The average molecular weight is 288 g/mol. The van der Waals surface area contributed by atoms with E-state index in [0.717, 1.165) is 26.2 Å². The third-order valence-electron chi connectivity index (χ3n) is 4.14. The molecule has 2 aromatic rings. The Bertz CT molecular complexity index is 620. The Morgan fingerprint density at radius 3 is 2.70 bits per heavy atom. The van der Waals surface area contributed by atoms with Crippen LogP contribution < -0.4 is 5.32 Å². The average Bonchev–Trinajstić information content (AvgIpc) is 2.86. The second kappa shape index (κ2) is 5.57. The minimum atomic E-state index is 0. The molecule has 2 aromatic carbocycles. The molecule has 1 aliphatic carbocycles. The van der Waals surface area contributed by atoms with E-state index >= 15 is 0 Å². The van der Waals surface area contributed by atoms with Crippen molar-refractivity contribution in [3.05, 3.63) is 59.2 Å². The molecule has 0 radical (unpaired) electrons. The van der Waals surface area contributed by atoms with Gasteiger partial charge in [0.1, 0.15) is 0 Å². The standard InChI is InChI=1S/C17H17NO.ClH/c1-2-4-15-12(3-1)9-14-10-13(5-6-16(14)15)17-11-19-8-7-18-17;/h1-6,10,17-18H,7-9,11H2;1H/t17-;/m1./s1. The van der Waals surface area contributed by atoms with Gasteiger partial charge in [0.2, 0.25) is 0 Å². The van der Waals surface area contributed by atoms with Gasteiger partial charge < -0.3 is 10.1 Å². The maximum Gasteiger partial charge on any atom is 0.0662 e. The molecule has 2 nitrogen and oxygen atoms in total. The number of morpholine rings is 1. The minimum Gasteiger partial charge on any atom is -0.378 e. The lowest BCUT2D eigenvalue weighted by molar-refractivity contribution is 0.0769. The number of ether oxygens (including phenoxy) is 1. The molecule has 104 valence electrons. The number of hydrogen-bond acceptors (Lipinski definition) is 2. The Balaban J connectivity index is 0.00000121. The summed E-state index contributed by atoms with van der Waals surface area (Å²) in [6.07, 6.45) is 1.06. The first-order valence-electron chi connectivity index (χ1n) is 6.94. The van der Waals surface area contributed by atoms with E-state index in [1.807, 2.05) is 0 Å². The molecule has 1 heterocycles. The van der Waals surface area contributed by atoms with Crippen molar-refractivity contribution >= 4 is 12.4 Å². The molecule has 0 spiro atoms. The van der Waals surface area contributed by atoms with Gasteiger partial charge in [-0.3, -0.25) is 0 Å². The highest BCUT2D eigenvalue weighted by molar-refractivity contribution is 5.85. The summed E-state index contributed by atoms with van der Waals surface area (Å²) in [5.41, 5.74) is 7.05. The van der Waals surface area contributed by atoms with Crippen molar-refractivity contribution in [2.24, 2.45) is 0 Å². The predicted octanol–water partition coefficient (Wildman–Crippen LogP) is 3.34. The lowest BCUT2D eigenvalue weighted by Crippen LogP contribution is -2.34. The number of halogens is 1. The van der Waals surface area contributed by atoms with Gasteiger partial charge in [0.05, 0.1) is 19.3 Å². The fourth-order valence-corrected chi connectivity index (χ4v) is 3.16. The van der Waals surface area contributed by atoms with Crippen LogP contribution in [0.4, 0.5) is 0 Å². The fourth-order valence-electron chi connectivity index (χ4n) is 3.16. The number of fused-ring (bicyclic) bond motifs is 3. The zero-order chi connectivity index (χ0) is 12.7. The van der Waals surface area contributed by atoms with Crippen LogP contribution in [0.15, 0.2) is 42.5 Å². The third-order valence-corrected chi connectivity index (χ3v) is 4.14. The van der Waals surface area contributed by atoms with Crippen LogP contribution in [0.5, 0.6) is 0 Å². The number of benzene rings is 2. The van der Waals surface area contributed by atoms with Crippen molar-refractivity contribution in [3.8, 4) is 11.1 Å². The first-order valence-corrected chi connectivity index (χ1v) is 6.94. The van der Waals surface area contributed by atoms with Crippen LogP contribution in [0.1, 0.15) is 22.7 Å². The number of nitrogens with one attached hydrogen (secondary N) is 1. The Hall–Kier alpha value is -1.35. The number of hydrogen-bond donors (Lipinski definition) is 1. The largest absolute Gasteiger partial charge is 0.378 e. The monoisotopic (exact) mass is 287 g/mol. The summed E-state index contributed by atoms with van der Waals surface area (Å²) in [6, 6.07) is 15.9. The van der Waals surface area contributed by atoms with Gasteiger partial charge >= 0.3 is 0 Å². The van der Waals surface area contributed by atoms with Crippen LogP contribution in [-0.2, 0) is 11.2 Å². The highest BCUT2D eigenvalue weighted by Crippen LogP contribution is 2.37. The van der Waals surface area contributed by atoms with Crippen LogP contribution in [-0.4, -0.2) is 19.8 Å². The Kier molecular flexibility index (Phi) is 3.79. The molecule has 4 rings (SSSR count). The van der Waals surface area contributed by atoms with Gasteiger partial charge in [-0.25, -0.2) is 0 Å². The van der Waals surface area contributed by atoms with Gasteiger partial charge in [-0.05, 0) is 34.2 Å². The molecule has 0 saturated carbocycles. The smallest absolute Gasteiger partial charge is 0.0662 e. The van der Waals surface area contributed by atoms with E-state index in [9.17, 15) is 0 Å². The molecule has 20 heavy (non-hydrogen) atoms. The van der Waals surface area contributed by atoms with Crippen LogP contribution in [0.2, 0.25) is 0 Å². The molecule has 1 atom stereocenters. The molecular formula is C17H18ClNO. The third kappa shape index (κ3) is 2.24. The summed E-state index contributed by atoms with van der Waals surface area (Å²) in [5, 5.41) is 3.52. The van der Waals surface area contributed by atoms with E-state index in [1.54, 1.807) is 0 Å². The van der Waals surface area contributed by atoms with E-state index in [2.05, 4.69) is 47.8 Å². The van der Waals surface area contributed by atoms with Crippen molar-refractivity contribution in [2.75, 3.05) is 19.8 Å². The topological polar surface area (TPSA) is 21.3 Å². The molecular weight excluding hydrogens is 270 g/mol. The van der Waals surface area contributed by atoms with Crippen molar-refractivity contribution in [1.29, 1.82) is 0 Å². The molecule has 3 heteroatoms. The molecule has 0 amide bonds. The summed E-state index contributed by atoms with van der Waals surface area (Å²) in [7, 11) is 0. The summed E-state index contributed by atoms with van der Waals surface area (Å²) >= 11 is 0. The van der Waals surface area contributed by atoms with Gasteiger partial charge in [0.15, 0.2) is 0 Å². The van der Waals surface area contributed by atoms with Crippen LogP contribution in [0, 0.1) is 0 Å². The summed E-state index contributed by atoms with van der Waals surface area (Å²) in [4.78, 5) is 0. The normalized spacial score (nSPS) is 19.9. The van der Waals surface area contributed by atoms with Crippen LogP contribution in [0.25, 0.3) is 11.1 Å². The second-order valence-electron chi connectivity index (χ2n) is 5.33. The van der Waals surface area contributed by atoms with E-state index in [4.69, 9.17) is 4.74 Å². The van der Waals surface area contributed by atoms with E-state index in [0.29, 0.717) is 6.04 Å². The van der Waals surface area contributed by atoms with Gasteiger partial charge in [0.25, 0.3) is 0 Å². The van der Waals surface area contributed by atoms with E-state index in [1.165, 1.54) is 27.8 Å². The van der Waals surface area contributed by atoms with Crippen LogP contribution >= 0.6 is 12.4 Å². The SMILES string of the molecule is Cl.c1ccc2c(c1)Cc1cc([C@H]3COCCN3)ccc1-2. The molecule has 1 fully saturated rings. The molecule has 1 N–H and O–H groups in total. The molecule has 0 bridgehead atoms. The van der Waals surface area contributed by atoms with Crippen molar-refractivity contribution < 1.29 is 4.74 Å². The lowest BCUT2D eigenvalue weighted by Gasteiger charge is -2.24. The highest BCUT2D eigenvalue weighted by Gasteiger charge is 2.21. The van der Waals surface area contributed by atoms with E-state index < -0.39 is 0 Å². The van der Waals surface area contributed by atoms with Crippen molar-refractivity contribution in [3.63, 3.8) is 0 Å². The summed E-state index contributed by atoms with van der Waals surface area (Å²) < 4.78 is 5.56. The highest BCUT2D eigenvalue weighted by atomic mass is 35.5. The lowest BCUT2D eigenvalue weighted by atomic mass is 9.99. The number of rotatable bonds is 1. The molecule has 1 aliphatic heterocycles. The first kappa shape index (κ1) is 13.6.